The number of hydrogen-bond donors (Lipinski definition) is 2. The number of unbranched alkanes of at least 4 members (excludes halogenated alkanes) is 2. The second-order valence-corrected chi connectivity index (χ2v) is 2.77. The first kappa shape index (κ1) is 14.7. The van der Waals surface area contributed by atoms with Gasteiger partial charge in [-0.2, -0.15) is 0 Å². The molecule has 4 heteroatoms. The first-order valence-electron chi connectivity index (χ1n) is 4.71. The Bertz CT molecular complexity index is 106. The second kappa shape index (κ2) is 11.2. The van der Waals surface area contributed by atoms with E-state index in [1.165, 1.54) is 0 Å². The summed E-state index contributed by atoms with van der Waals surface area (Å²) in [5.41, 5.74) is 0. The molecule has 0 unspecified atom stereocenters. The van der Waals surface area contributed by atoms with Gasteiger partial charge in [0.25, 0.3) is 0 Å². The van der Waals surface area contributed by atoms with Gasteiger partial charge in [0.1, 0.15) is 0 Å². The Morgan fingerprint density at radius 3 is 2.38 bits per heavy atom. The fraction of sp³-hybridized carbons (Fsp3) is 0.889. The van der Waals surface area contributed by atoms with E-state index in [0.717, 1.165) is 32.2 Å². The molecule has 4 nitrogen and oxygen atoms in total. The zero-order valence-corrected chi connectivity index (χ0v) is 8.77. The van der Waals surface area contributed by atoms with Crippen molar-refractivity contribution >= 4 is 6.09 Å². The minimum atomic E-state index is -0.281. The van der Waals surface area contributed by atoms with Crippen molar-refractivity contribution in [3.05, 3.63) is 0 Å². The number of nitrogens with one attached hydrogen (secondary N) is 1. The third-order valence-electron chi connectivity index (χ3n) is 1.53. The Labute approximate surface area is 80.6 Å². The predicted molar refractivity (Wildman–Crippen MR) is 54.2 cm³/mol. The van der Waals surface area contributed by atoms with E-state index < -0.39 is 0 Å². The van der Waals surface area contributed by atoms with Gasteiger partial charge >= 0.3 is 6.09 Å². The average molecular weight is 190 g/mol. The third kappa shape index (κ3) is 11.2. The lowest BCUT2D eigenvalue weighted by Crippen LogP contribution is -2.25. The van der Waals surface area contributed by atoms with Gasteiger partial charge in [-0.05, 0) is 12.8 Å². The molecule has 0 atom stereocenters. The van der Waals surface area contributed by atoms with Crippen LogP contribution in [-0.4, -0.2) is 19.2 Å². The van der Waals surface area contributed by atoms with Crippen LogP contribution in [0.4, 0.5) is 4.79 Å². The van der Waals surface area contributed by atoms with Gasteiger partial charge in [0.15, 0.2) is 0 Å². The van der Waals surface area contributed by atoms with Crippen molar-refractivity contribution in [3.63, 3.8) is 0 Å². The Hall–Kier alpha value is -0.770. The van der Waals surface area contributed by atoms with Crippen LogP contribution in [0.5, 0.6) is 0 Å². The number of rotatable bonds is 6. The molecule has 0 aromatic carbocycles. The Balaban J connectivity index is 0. The quantitative estimate of drug-likeness (QED) is 0.632. The summed E-state index contributed by atoms with van der Waals surface area (Å²) in [6, 6.07) is 0. The highest BCUT2D eigenvalue weighted by Crippen LogP contribution is 1.89. The average Bonchev–Trinajstić information content (AvgIpc) is 2.06. The Morgan fingerprint density at radius 1 is 1.23 bits per heavy atom. The van der Waals surface area contributed by atoms with Crippen LogP contribution in [-0.2, 0) is 4.74 Å². The topological polar surface area (TPSA) is 73.3 Å². The maximum absolute atomic E-state index is 10.9. The first-order chi connectivity index (χ1) is 5.81. The van der Waals surface area contributed by atoms with E-state index in [0.29, 0.717) is 6.61 Å². The highest BCUT2D eigenvalue weighted by atomic mass is 16.5. The molecule has 0 aliphatic rings. The standard InChI is InChI=1S/C9H19NO2.H3N/c1-3-5-7-10-9(11)12-8-6-4-2;/h3-8H2,1-2H3,(H,10,11);1H3. The smallest absolute Gasteiger partial charge is 0.407 e. The van der Waals surface area contributed by atoms with Gasteiger partial charge in [0, 0.05) is 6.54 Å². The fourth-order valence-corrected chi connectivity index (χ4v) is 0.727. The molecule has 0 radical (unpaired) electrons. The summed E-state index contributed by atoms with van der Waals surface area (Å²) in [4.78, 5) is 10.9. The summed E-state index contributed by atoms with van der Waals surface area (Å²) in [5.74, 6) is 0. The van der Waals surface area contributed by atoms with Crippen LogP contribution < -0.4 is 11.5 Å². The Morgan fingerprint density at radius 2 is 1.85 bits per heavy atom. The summed E-state index contributed by atoms with van der Waals surface area (Å²) < 4.78 is 4.88. The summed E-state index contributed by atoms with van der Waals surface area (Å²) in [5, 5.41) is 2.68. The van der Waals surface area contributed by atoms with Gasteiger partial charge in [-0.3, -0.25) is 0 Å². The highest BCUT2D eigenvalue weighted by molar-refractivity contribution is 5.66. The van der Waals surface area contributed by atoms with Gasteiger partial charge in [0.05, 0.1) is 6.61 Å². The first-order valence-corrected chi connectivity index (χ1v) is 4.71. The predicted octanol–water partition coefficient (Wildman–Crippen LogP) is 2.47. The lowest BCUT2D eigenvalue weighted by atomic mass is 10.3. The van der Waals surface area contributed by atoms with E-state index in [1.807, 2.05) is 0 Å². The second-order valence-electron chi connectivity index (χ2n) is 2.77. The largest absolute Gasteiger partial charge is 0.450 e. The molecule has 0 saturated carbocycles. The number of alkyl carbamates (subject to hydrolysis) is 1. The van der Waals surface area contributed by atoms with Crippen molar-refractivity contribution in [1.82, 2.24) is 11.5 Å². The molecule has 0 fully saturated rings. The van der Waals surface area contributed by atoms with Crippen LogP contribution in [0.15, 0.2) is 0 Å². The van der Waals surface area contributed by atoms with E-state index in [1.54, 1.807) is 0 Å². The molecular weight excluding hydrogens is 168 g/mol. The maximum Gasteiger partial charge on any atom is 0.407 e. The molecule has 1 amide bonds. The normalized spacial score (nSPS) is 8.77. The lowest BCUT2D eigenvalue weighted by Gasteiger charge is -2.04. The summed E-state index contributed by atoms with van der Waals surface area (Å²) in [6.45, 7) is 5.42. The molecule has 0 aliphatic carbocycles. The van der Waals surface area contributed by atoms with Crippen molar-refractivity contribution in [2.45, 2.75) is 39.5 Å². The molecule has 0 bridgehead atoms. The number of carbonyl (C=O) groups is 1. The van der Waals surface area contributed by atoms with E-state index in [4.69, 9.17) is 4.74 Å². The molecule has 0 aliphatic heterocycles. The van der Waals surface area contributed by atoms with Crippen molar-refractivity contribution in [1.29, 1.82) is 0 Å². The van der Waals surface area contributed by atoms with Gasteiger partial charge in [-0.25, -0.2) is 4.79 Å². The third-order valence-corrected chi connectivity index (χ3v) is 1.53. The molecule has 0 aromatic rings. The van der Waals surface area contributed by atoms with Crippen LogP contribution in [0.2, 0.25) is 0 Å². The maximum atomic E-state index is 10.9. The van der Waals surface area contributed by atoms with E-state index >= 15 is 0 Å². The SMILES string of the molecule is CCCCNC(=O)OCCCC.N. The molecule has 80 valence electrons. The van der Waals surface area contributed by atoms with Crippen molar-refractivity contribution in [2.75, 3.05) is 13.2 Å². The summed E-state index contributed by atoms with van der Waals surface area (Å²) in [6.07, 6.45) is 3.83. The summed E-state index contributed by atoms with van der Waals surface area (Å²) in [7, 11) is 0. The zero-order chi connectivity index (χ0) is 9.23. The van der Waals surface area contributed by atoms with Crippen LogP contribution >= 0.6 is 0 Å². The van der Waals surface area contributed by atoms with Crippen molar-refractivity contribution < 1.29 is 9.53 Å². The van der Waals surface area contributed by atoms with Crippen LogP contribution in [0.1, 0.15) is 39.5 Å². The number of carbonyl (C=O) groups excluding carboxylic acids is 1. The molecule has 4 N–H and O–H groups in total. The Kier molecular flexibility index (Phi) is 12.7. The molecule has 0 aromatic heterocycles. The molecule has 0 heterocycles. The monoisotopic (exact) mass is 190 g/mol. The van der Waals surface area contributed by atoms with Crippen molar-refractivity contribution in [3.8, 4) is 0 Å². The minimum absolute atomic E-state index is 0. The number of hydrogen-bond acceptors (Lipinski definition) is 3. The van der Waals surface area contributed by atoms with E-state index in [2.05, 4.69) is 19.2 Å². The molecule has 0 spiro atoms. The van der Waals surface area contributed by atoms with Crippen molar-refractivity contribution in [2.24, 2.45) is 0 Å². The molecular formula is C9H22N2O2. The summed E-state index contributed by atoms with van der Waals surface area (Å²) >= 11 is 0. The van der Waals surface area contributed by atoms with Crippen LogP contribution in [0, 0.1) is 0 Å². The van der Waals surface area contributed by atoms with Crippen LogP contribution in [0.3, 0.4) is 0 Å². The van der Waals surface area contributed by atoms with E-state index in [9.17, 15) is 4.79 Å². The lowest BCUT2D eigenvalue weighted by molar-refractivity contribution is 0.144. The van der Waals surface area contributed by atoms with Gasteiger partial charge in [0.2, 0.25) is 0 Å². The van der Waals surface area contributed by atoms with Gasteiger partial charge in [-0.1, -0.05) is 26.7 Å². The van der Waals surface area contributed by atoms with Gasteiger partial charge in [-0.15, -0.1) is 0 Å². The number of ether oxygens (including phenoxy) is 1. The van der Waals surface area contributed by atoms with Crippen LogP contribution in [0.25, 0.3) is 0 Å². The van der Waals surface area contributed by atoms with Gasteiger partial charge < -0.3 is 16.2 Å². The van der Waals surface area contributed by atoms with E-state index in [-0.39, 0.29) is 12.2 Å². The zero-order valence-electron chi connectivity index (χ0n) is 8.77. The highest BCUT2D eigenvalue weighted by Gasteiger charge is 1.98. The molecule has 0 rings (SSSR count). The number of amides is 1. The molecule has 13 heavy (non-hydrogen) atoms. The minimum Gasteiger partial charge on any atom is -0.450 e. The fourth-order valence-electron chi connectivity index (χ4n) is 0.727. The molecule has 0 saturated heterocycles.